The van der Waals surface area contributed by atoms with Crippen LogP contribution < -0.4 is 0 Å². The Kier molecular flexibility index (Phi) is 12.6. The molecule has 0 aromatic heterocycles. The minimum absolute atomic E-state index is 0.866. The van der Waals surface area contributed by atoms with E-state index in [1.54, 1.807) is 0 Å². The van der Waals surface area contributed by atoms with E-state index in [4.69, 9.17) is 24.1 Å². The molecule has 226 valence electrons. The highest BCUT2D eigenvalue weighted by atomic mass is 32.3. The largest absolute Gasteiger partial charge is 0.397 e. The minimum Gasteiger partial charge on any atom is -0.394 e. The maximum absolute atomic E-state index is 11.5. The van der Waals surface area contributed by atoms with E-state index < -0.39 is 123 Å². The van der Waals surface area contributed by atoms with Crippen LogP contribution in [-0.2, 0) is 33.5 Å². The molecule has 0 aliphatic carbocycles. The highest BCUT2D eigenvalue weighted by Gasteiger charge is 2.54. The van der Waals surface area contributed by atoms with Gasteiger partial charge in [0.15, 0.2) is 12.6 Å². The van der Waals surface area contributed by atoms with Gasteiger partial charge in [0.1, 0.15) is 73.2 Å². The van der Waals surface area contributed by atoms with Gasteiger partial charge in [-0.3, -0.25) is 4.55 Å². The second-order valence-electron chi connectivity index (χ2n) is 8.59. The Labute approximate surface area is 215 Å². The quantitative estimate of drug-likeness (QED) is 0.0891. The van der Waals surface area contributed by atoms with E-state index in [1.807, 2.05) is 0 Å². The fraction of sp³-hybridized carbons (Fsp3) is 1.00. The summed E-state index contributed by atoms with van der Waals surface area (Å²) < 4.78 is 57.8. The molecule has 38 heavy (non-hydrogen) atoms. The lowest BCUT2D eigenvalue weighted by atomic mass is 9.96. The van der Waals surface area contributed by atoms with Gasteiger partial charge in [-0.15, -0.1) is 0 Å². The Morgan fingerprint density at radius 1 is 0.711 bits per heavy atom. The van der Waals surface area contributed by atoms with E-state index in [2.05, 4.69) is 4.18 Å². The van der Waals surface area contributed by atoms with Gasteiger partial charge in [0.25, 0.3) is 0 Å². The molecule has 0 radical (unpaired) electrons. The molecule has 19 nitrogen and oxygen atoms in total. The Morgan fingerprint density at radius 2 is 1.26 bits per heavy atom. The average molecular weight is 587 g/mol. The topological polar surface area (TPSA) is 323 Å². The van der Waals surface area contributed by atoms with Gasteiger partial charge >= 0.3 is 10.4 Å². The highest BCUT2D eigenvalue weighted by molar-refractivity contribution is 7.80. The zero-order chi connectivity index (χ0) is 28.9. The minimum atomic E-state index is -5.39. The molecule has 2 heterocycles. The summed E-state index contributed by atoms with van der Waals surface area (Å²) in [5.74, 6) is 0. The van der Waals surface area contributed by atoms with Gasteiger partial charge in [-0.05, 0) is 0 Å². The van der Waals surface area contributed by atoms with Crippen molar-refractivity contribution in [2.45, 2.75) is 85.8 Å². The second kappa shape index (κ2) is 14.2. The summed E-state index contributed by atoms with van der Waals surface area (Å²) in [7, 11) is -5.39. The van der Waals surface area contributed by atoms with Crippen LogP contribution in [0, 0.1) is 0 Å². The van der Waals surface area contributed by atoms with E-state index in [1.165, 1.54) is 0 Å². The molecule has 2 aliphatic rings. The maximum atomic E-state index is 11.5. The molecule has 0 unspecified atom stereocenters. The first-order chi connectivity index (χ1) is 17.7. The van der Waals surface area contributed by atoms with Crippen molar-refractivity contribution in [3.05, 3.63) is 0 Å². The van der Waals surface area contributed by atoms with E-state index in [9.17, 15) is 64.0 Å². The van der Waals surface area contributed by atoms with Crippen molar-refractivity contribution in [1.82, 2.24) is 0 Å². The first-order valence-electron chi connectivity index (χ1n) is 11.2. The van der Waals surface area contributed by atoms with Crippen molar-refractivity contribution in [1.29, 1.82) is 0 Å². The van der Waals surface area contributed by atoms with E-state index >= 15 is 0 Å². The lowest BCUT2D eigenvalue weighted by Crippen LogP contribution is -2.66. The molecule has 12 N–H and O–H groups in total. The molecule has 2 aliphatic heterocycles. The molecule has 0 amide bonds. The van der Waals surface area contributed by atoms with Crippen molar-refractivity contribution >= 4 is 10.4 Å². The van der Waals surface area contributed by atoms with Gasteiger partial charge in [0.2, 0.25) is 0 Å². The fourth-order valence-electron chi connectivity index (χ4n) is 3.89. The molecule has 2 fully saturated rings. The summed E-state index contributed by atoms with van der Waals surface area (Å²) in [4.78, 5) is 0. The zero-order valence-electron chi connectivity index (χ0n) is 19.5. The summed E-state index contributed by atoms with van der Waals surface area (Å²) in [6.45, 7) is -4.03. The van der Waals surface area contributed by atoms with E-state index in [0.29, 0.717) is 0 Å². The van der Waals surface area contributed by atoms with Crippen LogP contribution in [0.15, 0.2) is 0 Å². The van der Waals surface area contributed by atoms with Gasteiger partial charge in [-0.2, -0.15) is 8.42 Å². The fourth-order valence-corrected chi connectivity index (χ4v) is 4.39. The van der Waals surface area contributed by atoms with E-state index in [-0.39, 0.29) is 0 Å². The Hall–Kier alpha value is -0.730. The third kappa shape index (κ3) is 7.93. The lowest BCUT2D eigenvalue weighted by Gasteiger charge is -2.47. The number of hydrogen-bond donors (Lipinski definition) is 12. The SMILES string of the molecule is O=S(=O)(O)O[C@@H]1[C@@H](O)[C@H](O[C@@H]([C@H](O)[C@@H](O)CO)[C@H](O)CO)O[C@H](CO)[C@@H]1O[C@@H]1O[C@H](CO)[C@H](O)[C@H](O)[C@H]1O. The van der Waals surface area contributed by atoms with Gasteiger partial charge in [0.05, 0.1) is 26.4 Å². The van der Waals surface area contributed by atoms with Gasteiger partial charge < -0.3 is 75.1 Å². The van der Waals surface area contributed by atoms with Gasteiger partial charge in [-0.25, -0.2) is 4.18 Å². The summed E-state index contributed by atoms with van der Waals surface area (Å²) in [5, 5.41) is 108. The Morgan fingerprint density at radius 3 is 1.76 bits per heavy atom. The third-order valence-electron chi connectivity index (χ3n) is 5.94. The van der Waals surface area contributed by atoms with Crippen molar-refractivity contribution in [3.63, 3.8) is 0 Å². The first-order valence-corrected chi connectivity index (χ1v) is 12.5. The standard InChI is InChI=1S/C18H34O19S/c19-1-5(23)9(25)14(6(24)2-20)35-18-13(29)16(37-38(30,31)32)15(8(4-22)34-18)36-17-12(28)11(27)10(26)7(3-21)33-17/h5-29H,1-4H2,(H,30,31,32)/t5-,6+,7+,8+,9+,10-,11-,12+,13+,14+,15-,16+,17-,18-/m0/s1. The van der Waals surface area contributed by atoms with Crippen LogP contribution in [-0.4, -0.2) is 181 Å². The maximum Gasteiger partial charge on any atom is 0.397 e. The molecule has 0 aromatic rings. The van der Waals surface area contributed by atoms with Crippen LogP contribution in [0.5, 0.6) is 0 Å². The normalized spacial score (nSPS) is 39.9. The van der Waals surface area contributed by atoms with Crippen LogP contribution in [0.25, 0.3) is 0 Å². The molecule has 0 bridgehead atoms. The Balaban J connectivity index is 2.38. The van der Waals surface area contributed by atoms with Crippen LogP contribution in [0.3, 0.4) is 0 Å². The predicted molar refractivity (Wildman–Crippen MR) is 114 cm³/mol. The van der Waals surface area contributed by atoms with Crippen molar-refractivity contribution in [2.24, 2.45) is 0 Å². The van der Waals surface area contributed by atoms with Crippen LogP contribution in [0.4, 0.5) is 0 Å². The molecule has 20 heteroatoms. The van der Waals surface area contributed by atoms with E-state index in [0.717, 1.165) is 0 Å². The van der Waals surface area contributed by atoms with Gasteiger partial charge in [0, 0.05) is 0 Å². The first kappa shape index (κ1) is 33.5. The number of rotatable bonds is 13. The monoisotopic (exact) mass is 586 g/mol. The number of hydrogen-bond acceptors (Lipinski definition) is 18. The second-order valence-corrected chi connectivity index (χ2v) is 9.64. The number of ether oxygens (including phenoxy) is 4. The molecular weight excluding hydrogens is 552 g/mol. The van der Waals surface area contributed by atoms with Crippen LogP contribution >= 0.6 is 0 Å². The molecule has 0 saturated carbocycles. The molecule has 2 saturated heterocycles. The number of aliphatic hydroxyl groups is 11. The lowest BCUT2D eigenvalue weighted by molar-refractivity contribution is -0.365. The molecular formula is C18H34O19S. The smallest absolute Gasteiger partial charge is 0.394 e. The Bertz CT molecular complexity index is 814. The van der Waals surface area contributed by atoms with Crippen LogP contribution in [0.2, 0.25) is 0 Å². The van der Waals surface area contributed by atoms with Crippen molar-refractivity contribution < 1.29 is 92.3 Å². The average Bonchev–Trinajstić information content (AvgIpc) is 2.88. The summed E-state index contributed by atoms with van der Waals surface area (Å²) in [5.41, 5.74) is 0. The highest BCUT2D eigenvalue weighted by Crippen LogP contribution is 2.32. The van der Waals surface area contributed by atoms with Crippen molar-refractivity contribution in [2.75, 3.05) is 26.4 Å². The molecule has 0 spiro atoms. The van der Waals surface area contributed by atoms with Crippen molar-refractivity contribution in [3.8, 4) is 0 Å². The predicted octanol–water partition coefficient (Wildman–Crippen LogP) is -8.11. The van der Waals surface area contributed by atoms with Gasteiger partial charge in [-0.1, -0.05) is 0 Å². The zero-order valence-corrected chi connectivity index (χ0v) is 20.4. The summed E-state index contributed by atoms with van der Waals surface area (Å²) in [6.07, 6.45) is -27.6. The summed E-state index contributed by atoms with van der Waals surface area (Å²) in [6, 6.07) is 0. The molecule has 2 rings (SSSR count). The van der Waals surface area contributed by atoms with Crippen LogP contribution in [0.1, 0.15) is 0 Å². The summed E-state index contributed by atoms with van der Waals surface area (Å²) >= 11 is 0. The third-order valence-corrected chi connectivity index (χ3v) is 6.41. The number of aliphatic hydroxyl groups excluding tert-OH is 11. The molecule has 14 atom stereocenters. The molecule has 0 aromatic carbocycles.